The van der Waals surface area contributed by atoms with Crippen molar-refractivity contribution >= 4 is 33.8 Å². The van der Waals surface area contributed by atoms with Gasteiger partial charge in [0.1, 0.15) is 11.2 Å². The van der Waals surface area contributed by atoms with E-state index in [1.807, 2.05) is 41.1 Å². The number of carbonyl (C=O) groups is 2. The van der Waals surface area contributed by atoms with Crippen LogP contribution < -0.4 is 0 Å². The number of carbonyl (C=O) groups excluding carboxylic acids is 1. The number of rotatable bonds is 2. The van der Waals surface area contributed by atoms with Gasteiger partial charge in [0.05, 0.1) is 11.4 Å². The molecule has 8 rings (SSSR count). The zero-order valence-corrected chi connectivity index (χ0v) is 25.9. The fraction of sp³-hybridized carbons (Fsp3) is 0.389. The molecule has 0 radical (unpaired) electrons. The highest BCUT2D eigenvalue weighted by Crippen LogP contribution is 2.43. The number of fused-ring (bicyclic) bond motifs is 5. The van der Waals surface area contributed by atoms with Crippen LogP contribution in [0.4, 0.5) is 0 Å². The Morgan fingerprint density at radius 1 is 0.955 bits per heavy atom. The van der Waals surface area contributed by atoms with E-state index in [0.717, 1.165) is 82.8 Å². The number of carboxylic acids is 1. The molecule has 3 aliphatic heterocycles. The number of amides is 1. The molecule has 10 bridgehead atoms. The van der Waals surface area contributed by atoms with Crippen LogP contribution in [-0.4, -0.2) is 48.0 Å². The predicted molar refractivity (Wildman–Crippen MR) is 171 cm³/mol. The molecule has 3 aromatic carbocycles. The SMILES string of the molecule is Cc1c2ccc3c1nnn3CCCCCc1ccc3c(c1)cc(n3C)C(=O)N1CCc3ccc(cc3C1)[C@]2(C)[C@@H](C)C(=O)O. The van der Waals surface area contributed by atoms with Crippen molar-refractivity contribution in [2.45, 2.75) is 71.4 Å². The van der Waals surface area contributed by atoms with Crippen LogP contribution in [0.5, 0.6) is 0 Å². The van der Waals surface area contributed by atoms with Crippen molar-refractivity contribution in [1.29, 1.82) is 0 Å². The Hall–Kier alpha value is -4.46. The lowest BCUT2D eigenvalue weighted by Gasteiger charge is -2.37. The molecular formula is C36H39N5O3. The summed E-state index contributed by atoms with van der Waals surface area (Å²) < 4.78 is 4.00. The van der Waals surface area contributed by atoms with Crippen molar-refractivity contribution in [1.82, 2.24) is 24.5 Å². The Bertz CT molecular complexity index is 1950. The molecule has 5 heterocycles. The molecule has 8 heteroatoms. The first kappa shape index (κ1) is 28.3. The molecule has 3 aliphatic rings. The fourth-order valence-corrected chi connectivity index (χ4v) is 7.52. The minimum absolute atomic E-state index is 0.0227. The number of benzene rings is 3. The van der Waals surface area contributed by atoms with Crippen molar-refractivity contribution in [3.8, 4) is 0 Å². The van der Waals surface area contributed by atoms with Crippen LogP contribution in [-0.2, 0) is 43.2 Å². The van der Waals surface area contributed by atoms with E-state index in [1.165, 1.54) is 11.1 Å². The van der Waals surface area contributed by atoms with Gasteiger partial charge in [-0.1, -0.05) is 55.8 Å². The molecule has 2 aromatic heterocycles. The lowest BCUT2D eigenvalue weighted by Crippen LogP contribution is -2.39. The molecule has 226 valence electrons. The normalized spacial score (nSPS) is 19.7. The van der Waals surface area contributed by atoms with E-state index in [2.05, 4.69) is 58.8 Å². The van der Waals surface area contributed by atoms with Crippen molar-refractivity contribution in [2.75, 3.05) is 6.54 Å². The third kappa shape index (κ3) is 4.42. The molecule has 5 aromatic rings. The smallest absolute Gasteiger partial charge is 0.307 e. The van der Waals surface area contributed by atoms with E-state index in [-0.39, 0.29) is 5.91 Å². The highest BCUT2D eigenvalue weighted by Gasteiger charge is 2.41. The number of aryl methyl sites for hydroxylation is 4. The summed E-state index contributed by atoms with van der Waals surface area (Å²) in [5, 5.41) is 20.5. The number of aliphatic carboxylic acids is 1. The van der Waals surface area contributed by atoms with Gasteiger partial charge in [-0.2, -0.15) is 0 Å². The number of hydrogen-bond acceptors (Lipinski definition) is 4. The molecular weight excluding hydrogens is 550 g/mol. The summed E-state index contributed by atoms with van der Waals surface area (Å²) in [6, 6.07) is 19.0. The molecule has 0 unspecified atom stereocenters. The quantitative estimate of drug-likeness (QED) is 0.265. The minimum Gasteiger partial charge on any atom is -0.481 e. The number of carboxylic acid groups (broad SMARTS) is 1. The molecule has 0 spiro atoms. The number of aromatic nitrogens is 4. The van der Waals surface area contributed by atoms with Crippen LogP contribution in [0.15, 0.2) is 54.6 Å². The maximum atomic E-state index is 14.0. The van der Waals surface area contributed by atoms with Gasteiger partial charge < -0.3 is 14.6 Å². The monoisotopic (exact) mass is 589 g/mol. The van der Waals surface area contributed by atoms with Gasteiger partial charge in [0.15, 0.2) is 0 Å². The van der Waals surface area contributed by atoms with Crippen LogP contribution in [0.2, 0.25) is 0 Å². The van der Waals surface area contributed by atoms with Gasteiger partial charge in [0, 0.05) is 43.0 Å². The minimum atomic E-state index is -0.856. The van der Waals surface area contributed by atoms with Crippen LogP contribution in [0, 0.1) is 12.8 Å². The second-order valence-corrected chi connectivity index (χ2v) is 12.9. The summed E-state index contributed by atoms with van der Waals surface area (Å²) >= 11 is 0. The summed E-state index contributed by atoms with van der Waals surface area (Å²) in [5.41, 5.74) is 9.09. The average Bonchev–Trinajstić information content (AvgIpc) is 3.59. The highest BCUT2D eigenvalue weighted by atomic mass is 16.4. The third-order valence-corrected chi connectivity index (χ3v) is 10.5. The molecule has 8 nitrogen and oxygen atoms in total. The maximum Gasteiger partial charge on any atom is 0.307 e. The van der Waals surface area contributed by atoms with Gasteiger partial charge in [0.2, 0.25) is 0 Å². The molecule has 0 saturated carbocycles. The molecule has 2 atom stereocenters. The summed E-state index contributed by atoms with van der Waals surface area (Å²) in [7, 11) is 1.97. The standard InChI is InChI=1S/C36H39N5O3/c1-22-29-12-14-31-33(22)37-38-41(31)16-7-5-6-8-24-9-13-30-26(18-24)20-32(39(30)4)34(42)40-17-15-25-10-11-28(19-27(25)21-40)36(29,3)23(2)35(43)44/h9-14,18-20,23H,5-8,15-17,21H2,1-4H3,(H,43,44)/t23-,36-/m0/s1. The fourth-order valence-electron chi connectivity index (χ4n) is 7.52. The topological polar surface area (TPSA) is 93.3 Å². The van der Waals surface area contributed by atoms with Gasteiger partial charge in [-0.05, 0) is 90.3 Å². The van der Waals surface area contributed by atoms with E-state index in [4.69, 9.17) is 0 Å². The van der Waals surface area contributed by atoms with Gasteiger partial charge in [0.25, 0.3) is 5.91 Å². The molecule has 0 fully saturated rings. The van der Waals surface area contributed by atoms with Gasteiger partial charge >= 0.3 is 5.97 Å². The number of nitrogens with zero attached hydrogens (tertiary/aromatic N) is 5. The molecule has 0 aliphatic carbocycles. The zero-order valence-electron chi connectivity index (χ0n) is 25.9. The average molecular weight is 590 g/mol. The van der Waals surface area contributed by atoms with Crippen molar-refractivity contribution < 1.29 is 14.7 Å². The highest BCUT2D eigenvalue weighted by molar-refractivity contribution is 5.99. The van der Waals surface area contributed by atoms with E-state index in [1.54, 1.807) is 6.92 Å². The summed E-state index contributed by atoms with van der Waals surface area (Å²) in [6.07, 6.45) is 4.87. The second-order valence-electron chi connectivity index (χ2n) is 12.9. The molecule has 0 saturated heterocycles. The Morgan fingerprint density at radius 3 is 2.59 bits per heavy atom. The van der Waals surface area contributed by atoms with E-state index in [9.17, 15) is 14.7 Å². The lowest BCUT2D eigenvalue weighted by molar-refractivity contribution is -0.142. The molecule has 1 amide bonds. The van der Waals surface area contributed by atoms with Crippen LogP contribution >= 0.6 is 0 Å². The van der Waals surface area contributed by atoms with Crippen molar-refractivity contribution in [3.05, 3.63) is 93.7 Å². The number of hydrogen-bond donors (Lipinski definition) is 1. The van der Waals surface area contributed by atoms with E-state index >= 15 is 0 Å². The van der Waals surface area contributed by atoms with Crippen molar-refractivity contribution in [3.63, 3.8) is 0 Å². The molecule has 44 heavy (non-hydrogen) atoms. The Labute approximate surface area is 257 Å². The predicted octanol–water partition coefficient (Wildman–Crippen LogP) is 6.18. The first-order chi connectivity index (χ1) is 21.2. The largest absolute Gasteiger partial charge is 0.481 e. The van der Waals surface area contributed by atoms with Gasteiger partial charge in [-0.15, -0.1) is 5.10 Å². The van der Waals surface area contributed by atoms with E-state index < -0.39 is 17.3 Å². The van der Waals surface area contributed by atoms with Crippen LogP contribution in [0.3, 0.4) is 0 Å². The van der Waals surface area contributed by atoms with Crippen molar-refractivity contribution in [2.24, 2.45) is 13.0 Å². The zero-order chi connectivity index (χ0) is 30.7. The molecule has 1 N–H and O–H groups in total. The summed E-state index contributed by atoms with van der Waals surface area (Å²) in [4.78, 5) is 28.5. The first-order valence-electron chi connectivity index (χ1n) is 15.7. The Balaban J connectivity index is 1.38. The summed E-state index contributed by atoms with van der Waals surface area (Å²) in [5.74, 6) is -1.54. The second kappa shape index (κ2) is 10.6. The first-order valence-corrected chi connectivity index (χ1v) is 15.7. The Kier molecular flexibility index (Phi) is 6.83. The van der Waals surface area contributed by atoms with Gasteiger partial charge in [-0.25, -0.2) is 4.68 Å². The van der Waals surface area contributed by atoms with Crippen LogP contribution in [0.1, 0.15) is 77.0 Å². The lowest BCUT2D eigenvalue weighted by atomic mass is 9.66. The maximum absolute atomic E-state index is 14.0. The third-order valence-electron chi connectivity index (χ3n) is 10.5. The summed E-state index contributed by atoms with van der Waals surface area (Å²) in [6.45, 7) is 7.76. The van der Waals surface area contributed by atoms with E-state index in [0.29, 0.717) is 18.8 Å². The Morgan fingerprint density at radius 2 is 1.77 bits per heavy atom. The van der Waals surface area contributed by atoms with Gasteiger partial charge in [-0.3, -0.25) is 9.59 Å². The van der Waals surface area contributed by atoms with Crippen LogP contribution in [0.25, 0.3) is 21.9 Å².